The highest BCUT2D eigenvalue weighted by molar-refractivity contribution is 5.37. The van der Waals surface area contributed by atoms with Crippen molar-refractivity contribution in [2.45, 2.75) is 18.6 Å². The molecule has 2 fully saturated rings. The largest absolute Gasteiger partial charge is 0.378 e. The number of hydrogen-bond donors (Lipinski definition) is 0. The lowest BCUT2D eigenvalue weighted by Gasteiger charge is -2.48. The predicted octanol–water partition coefficient (Wildman–Crippen LogP) is 1.99. The molecule has 0 unspecified atom stereocenters. The zero-order chi connectivity index (χ0) is 17.3. The van der Waals surface area contributed by atoms with Gasteiger partial charge in [0.15, 0.2) is 5.65 Å². The Labute approximate surface area is 153 Å². The minimum atomic E-state index is 0.371. The summed E-state index contributed by atoms with van der Waals surface area (Å²) in [7, 11) is 0. The minimum absolute atomic E-state index is 0.371. The van der Waals surface area contributed by atoms with Gasteiger partial charge in [-0.1, -0.05) is 36.4 Å². The molecule has 6 heteroatoms. The van der Waals surface area contributed by atoms with Crippen molar-refractivity contribution in [2.75, 3.05) is 32.8 Å². The molecule has 0 N–H and O–H groups in total. The van der Waals surface area contributed by atoms with Crippen LogP contribution < -0.4 is 0 Å². The SMILES string of the molecule is c1ccc([C@H]2COC[C@H]3CN(Cc4cccc5ncnn45)CCN32)cc1. The molecular formula is C20H23N5O. The second kappa shape index (κ2) is 6.79. The molecule has 2 aliphatic heterocycles. The van der Waals surface area contributed by atoms with E-state index in [-0.39, 0.29) is 0 Å². The topological polar surface area (TPSA) is 45.9 Å². The van der Waals surface area contributed by atoms with E-state index in [9.17, 15) is 0 Å². The number of pyridine rings is 1. The van der Waals surface area contributed by atoms with Gasteiger partial charge in [0.2, 0.25) is 0 Å². The molecule has 2 aromatic heterocycles. The zero-order valence-electron chi connectivity index (χ0n) is 14.7. The number of rotatable bonds is 3. The molecular weight excluding hydrogens is 326 g/mol. The van der Waals surface area contributed by atoms with Gasteiger partial charge >= 0.3 is 0 Å². The van der Waals surface area contributed by atoms with Crippen LogP contribution in [0.4, 0.5) is 0 Å². The van der Waals surface area contributed by atoms with E-state index in [0.717, 1.165) is 45.0 Å². The number of morpholine rings is 1. The third-order valence-electron chi connectivity index (χ3n) is 5.55. The average Bonchev–Trinajstić information content (AvgIpc) is 3.18. The number of nitrogens with zero attached hydrogens (tertiary/aromatic N) is 5. The second-order valence-electron chi connectivity index (χ2n) is 7.14. The summed E-state index contributed by atoms with van der Waals surface area (Å²) in [5.41, 5.74) is 3.45. The Balaban J connectivity index is 1.32. The summed E-state index contributed by atoms with van der Waals surface area (Å²) in [5.74, 6) is 0. The molecule has 6 nitrogen and oxygen atoms in total. The predicted molar refractivity (Wildman–Crippen MR) is 98.8 cm³/mol. The van der Waals surface area contributed by atoms with Crippen LogP contribution in [0.2, 0.25) is 0 Å². The molecule has 3 aromatic rings. The number of aromatic nitrogens is 3. The van der Waals surface area contributed by atoms with E-state index < -0.39 is 0 Å². The third-order valence-corrected chi connectivity index (χ3v) is 5.55. The highest BCUT2D eigenvalue weighted by Gasteiger charge is 2.36. The van der Waals surface area contributed by atoms with Crippen molar-refractivity contribution in [3.05, 3.63) is 66.1 Å². The molecule has 2 saturated heterocycles. The van der Waals surface area contributed by atoms with Crippen molar-refractivity contribution in [1.82, 2.24) is 24.4 Å². The zero-order valence-corrected chi connectivity index (χ0v) is 14.7. The first-order valence-electron chi connectivity index (χ1n) is 9.27. The molecule has 1 aromatic carbocycles. The van der Waals surface area contributed by atoms with Crippen LogP contribution in [0.25, 0.3) is 5.65 Å². The Morgan fingerprint density at radius 3 is 2.85 bits per heavy atom. The van der Waals surface area contributed by atoms with Gasteiger partial charge in [-0.25, -0.2) is 9.50 Å². The molecule has 0 bridgehead atoms. The first kappa shape index (κ1) is 15.9. The standard InChI is InChI=1S/C20H23N5O/c1-2-5-16(6-3-1)19-14-26-13-18-12-23(9-10-24(18)19)11-17-7-4-8-20-21-15-22-25(17)20/h1-8,15,18-19H,9-14H2/t18-,19-/m1/s1. The van der Waals surface area contributed by atoms with E-state index in [4.69, 9.17) is 4.74 Å². The Morgan fingerprint density at radius 2 is 1.92 bits per heavy atom. The van der Waals surface area contributed by atoms with Crippen LogP contribution in [0.15, 0.2) is 54.9 Å². The summed E-state index contributed by atoms with van der Waals surface area (Å²) in [6.07, 6.45) is 1.62. The second-order valence-corrected chi connectivity index (χ2v) is 7.14. The van der Waals surface area contributed by atoms with Gasteiger partial charge in [-0.2, -0.15) is 5.10 Å². The maximum atomic E-state index is 5.97. The van der Waals surface area contributed by atoms with E-state index >= 15 is 0 Å². The highest BCUT2D eigenvalue weighted by atomic mass is 16.5. The van der Waals surface area contributed by atoms with Crippen molar-refractivity contribution >= 4 is 5.65 Å². The molecule has 134 valence electrons. The monoisotopic (exact) mass is 349 g/mol. The van der Waals surface area contributed by atoms with Crippen molar-refractivity contribution in [2.24, 2.45) is 0 Å². The third kappa shape index (κ3) is 2.90. The smallest absolute Gasteiger partial charge is 0.155 e. The molecule has 0 radical (unpaired) electrons. The van der Waals surface area contributed by atoms with Gasteiger partial charge in [0.25, 0.3) is 0 Å². The van der Waals surface area contributed by atoms with Gasteiger partial charge < -0.3 is 4.74 Å². The lowest BCUT2D eigenvalue weighted by atomic mass is 10.00. The average molecular weight is 349 g/mol. The lowest BCUT2D eigenvalue weighted by molar-refractivity contribution is -0.0838. The number of benzene rings is 1. The lowest BCUT2D eigenvalue weighted by Crippen LogP contribution is -2.58. The summed E-state index contributed by atoms with van der Waals surface area (Å²) >= 11 is 0. The normalized spacial score (nSPS) is 24.6. The Kier molecular flexibility index (Phi) is 4.16. The van der Waals surface area contributed by atoms with Crippen molar-refractivity contribution in [3.8, 4) is 0 Å². The van der Waals surface area contributed by atoms with Gasteiger partial charge in [0, 0.05) is 32.2 Å². The molecule has 0 saturated carbocycles. The summed E-state index contributed by atoms with van der Waals surface area (Å²) in [5, 5.41) is 4.36. The Morgan fingerprint density at radius 1 is 1.00 bits per heavy atom. The summed E-state index contributed by atoms with van der Waals surface area (Å²) in [6, 6.07) is 17.8. The van der Waals surface area contributed by atoms with E-state index in [1.807, 2.05) is 10.6 Å². The van der Waals surface area contributed by atoms with E-state index in [2.05, 4.69) is 62.3 Å². The van der Waals surface area contributed by atoms with Gasteiger partial charge in [0.1, 0.15) is 6.33 Å². The van der Waals surface area contributed by atoms with Gasteiger partial charge in [-0.3, -0.25) is 9.80 Å². The van der Waals surface area contributed by atoms with Crippen molar-refractivity contribution in [1.29, 1.82) is 0 Å². The van der Waals surface area contributed by atoms with E-state index in [1.165, 1.54) is 11.3 Å². The fraction of sp³-hybridized carbons (Fsp3) is 0.400. The molecule has 0 aliphatic carbocycles. The quantitative estimate of drug-likeness (QED) is 0.724. The molecule has 2 aliphatic rings. The number of fused-ring (bicyclic) bond motifs is 2. The maximum absolute atomic E-state index is 5.97. The van der Waals surface area contributed by atoms with Crippen LogP contribution >= 0.6 is 0 Å². The molecule has 2 atom stereocenters. The molecule has 26 heavy (non-hydrogen) atoms. The fourth-order valence-corrected chi connectivity index (χ4v) is 4.26. The van der Waals surface area contributed by atoms with Gasteiger partial charge in [0.05, 0.1) is 24.9 Å². The van der Waals surface area contributed by atoms with Gasteiger partial charge in [-0.05, 0) is 17.7 Å². The van der Waals surface area contributed by atoms with E-state index in [1.54, 1.807) is 6.33 Å². The van der Waals surface area contributed by atoms with Crippen LogP contribution in [-0.4, -0.2) is 63.3 Å². The van der Waals surface area contributed by atoms with Crippen molar-refractivity contribution < 1.29 is 4.74 Å². The maximum Gasteiger partial charge on any atom is 0.155 e. The summed E-state index contributed by atoms with van der Waals surface area (Å²) in [4.78, 5) is 9.43. The van der Waals surface area contributed by atoms with Crippen LogP contribution in [0.1, 0.15) is 17.3 Å². The Bertz CT molecular complexity index is 880. The van der Waals surface area contributed by atoms with Crippen molar-refractivity contribution in [3.63, 3.8) is 0 Å². The minimum Gasteiger partial charge on any atom is -0.378 e. The van der Waals surface area contributed by atoms with Crippen LogP contribution in [0.3, 0.4) is 0 Å². The summed E-state index contributed by atoms with van der Waals surface area (Å²) < 4.78 is 7.91. The molecule has 4 heterocycles. The fourth-order valence-electron chi connectivity index (χ4n) is 4.26. The van der Waals surface area contributed by atoms with Gasteiger partial charge in [-0.15, -0.1) is 0 Å². The number of piperazine rings is 1. The first-order chi connectivity index (χ1) is 12.9. The number of hydrogen-bond acceptors (Lipinski definition) is 5. The molecule has 0 amide bonds. The highest BCUT2D eigenvalue weighted by Crippen LogP contribution is 2.29. The number of ether oxygens (including phenoxy) is 1. The summed E-state index contributed by atoms with van der Waals surface area (Å²) in [6.45, 7) is 5.65. The van der Waals surface area contributed by atoms with Crippen LogP contribution in [0.5, 0.6) is 0 Å². The van der Waals surface area contributed by atoms with Crippen LogP contribution in [-0.2, 0) is 11.3 Å². The molecule has 0 spiro atoms. The van der Waals surface area contributed by atoms with Crippen LogP contribution in [0, 0.1) is 0 Å². The first-order valence-corrected chi connectivity index (χ1v) is 9.27. The molecule has 5 rings (SSSR count). The Hall–Kier alpha value is -2.28. The van der Waals surface area contributed by atoms with E-state index in [0.29, 0.717) is 12.1 Å².